The van der Waals surface area contributed by atoms with Crippen LogP contribution in [-0.4, -0.2) is 20.7 Å². The first-order valence-electron chi connectivity index (χ1n) is 6.28. The molecule has 2 N–H and O–H groups in total. The molecule has 0 radical (unpaired) electrons. The molecule has 19 heavy (non-hydrogen) atoms. The average Bonchev–Trinajstić information content (AvgIpc) is 2.77. The van der Waals surface area contributed by atoms with E-state index in [1.165, 1.54) is 0 Å². The van der Waals surface area contributed by atoms with Crippen LogP contribution in [0.15, 0.2) is 22.9 Å². The second-order valence-electron chi connectivity index (χ2n) is 5.94. The number of aromatic nitrogens is 3. The van der Waals surface area contributed by atoms with Crippen LogP contribution in [0.4, 0.5) is 0 Å². The van der Waals surface area contributed by atoms with Crippen LogP contribution < -0.4 is 5.73 Å². The second-order valence-corrected chi connectivity index (χ2v) is 5.94. The van der Waals surface area contributed by atoms with Crippen LogP contribution in [0.1, 0.15) is 39.1 Å². The molecule has 2 heterocycles. The van der Waals surface area contributed by atoms with Crippen LogP contribution >= 0.6 is 0 Å². The van der Waals surface area contributed by atoms with E-state index < -0.39 is 11.0 Å². The number of rotatable bonds is 3. The van der Waals surface area contributed by atoms with Gasteiger partial charge in [-0.05, 0) is 46.2 Å². The lowest BCUT2D eigenvalue weighted by Gasteiger charge is -2.34. The molecular formula is C14H20N4O. The minimum atomic E-state index is -0.462. The van der Waals surface area contributed by atoms with Gasteiger partial charge in [0.2, 0.25) is 11.7 Å². The fourth-order valence-corrected chi connectivity index (χ4v) is 1.57. The predicted octanol–water partition coefficient (Wildman–Crippen LogP) is 2.45. The van der Waals surface area contributed by atoms with Crippen molar-refractivity contribution in [1.82, 2.24) is 15.1 Å². The lowest BCUT2D eigenvalue weighted by atomic mass is 9.75. The summed E-state index contributed by atoms with van der Waals surface area (Å²) in [5, 5.41) is 4.02. The predicted molar refractivity (Wildman–Crippen MR) is 73.6 cm³/mol. The molecule has 0 saturated heterocycles. The van der Waals surface area contributed by atoms with Crippen LogP contribution in [0.3, 0.4) is 0 Å². The van der Waals surface area contributed by atoms with Gasteiger partial charge in [0.15, 0.2) is 0 Å². The Kier molecular flexibility index (Phi) is 3.18. The lowest BCUT2D eigenvalue weighted by Crippen LogP contribution is -2.50. The van der Waals surface area contributed by atoms with Crippen molar-refractivity contribution in [2.45, 2.75) is 45.6 Å². The Hall–Kier alpha value is -1.75. The zero-order valence-corrected chi connectivity index (χ0v) is 12.1. The van der Waals surface area contributed by atoms with E-state index in [1.807, 2.05) is 46.8 Å². The molecule has 0 aliphatic rings. The Morgan fingerprint density at radius 1 is 1.21 bits per heavy atom. The van der Waals surface area contributed by atoms with Crippen molar-refractivity contribution >= 4 is 0 Å². The van der Waals surface area contributed by atoms with E-state index in [-0.39, 0.29) is 0 Å². The van der Waals surface area contributed by atoms with Gasteiger partial charge in [-0.3, -0.25) is 4.98 Å². The van der Waals surface area contributed by atoms with Gasteiger partial charge in [-0.25, -0.2) is 0 Å². The van der Waals surface area contributed by atoms with Crippen molar-refractivity contribution in [1.29, 1.82) is 0 Å². The van der Waals surface area contributed by atoms with E-state index in [0.717, 1.165) is 11.3 Å². The molecule has 2 aromatic heterocycles. The maximum absolute atomic E-state index is 6.18. The molecule has 0 unspecified atom stereocenters. The van der Waals surface area contributed by atoms with Crippen molar-refractivity contribution in [3.8, 4) is 11.5 Å². The van der Waals surface area contributed by atoms with Gasteiger partial charge in [-0.1, -0.05) is 11.2 Å². The van der Waals surface area contributed by atoms with Crippen molar-refractivity contribution in [3.63, 3.8) is 0 Å². The Morgan fingerprint density at radius 3 is 2.47 bits per heavy atom. The largest absolute Gasteiger partial charge is 0.338 e. The molecule has 2 rings (SSSR count). The highest BCUT2D eigenvalue weighted by Crippen LogP contribution is 2.32. The smallest absolute Gasteiger partial charge is 0.234 e. The minimum absolute atomic E-state index is 0.416. The van der Waals surface area contributed by atoms with E-state index in [9.17, 15) is 0 Å². The number of hydrogen-bond donors (Lipinski definition) is 1. The second kappa shape index (κ2) is 4.42. The van der Waals surface area contributed by atoms with Crippen LogP contribution in [0.5, 0.6) is 0 Å². The van der Waals surface area contributed by atoms with Crippen molar-refractivity contribution in [2.24, 2.45) is 5.73 Å². The Labute approximate surface area is 113 Å². The minimum Gasteiger partial charge on any atom is -0.338 e. The highest BCUT2D eigenvalue weighted by Gasteiger charge is 2.40. The van der Waals surface area contributed by atoms with E-state index in [0.29, 0.717) is 11.7 Å². The summed E-state index contributed by atoms with van der Waals surface area (Å²) in [6.45, 7) is 9.85. The summed E-state index contributed by atoms with van der Waals surface area (Å²) in [6.07, 6.45) is 1.72. The van der Waals surface area contributed by atoms with E-state index >= 15 is 0 Å². The first-order valence-corrected chi connectivity index (χ1v) is 6.28. The molecule has 0 saturated carbocycles. The van der Waals surface area contributed by atoms with E-state index in [2.05, 4.69) is 15.1 Å². The van der Waals surface area contributed by atoms with Gasteiger partial charge in [0.05, 0.1) is 5.41 Å². The van der Waals surface area contributed by atoms with Crippen molar-refractivity contribution in [2.75, 3.05) is 0 Å². The molecule has 0 aliphatic heterocycles. The molecule has 5 nitrogen and oxygen atoms in total. The third-order valence-electron chi connectivity index (χ3n) is 3.79. The van der Waals surface area contributed by atoms with Crippen LogP contribution in [0, 0.1) is 6.92 Å². The summed E-state index contributed by atoms with van der Waals surface area (Å²) in [4.78, 5) is 8.75. The highest BCUT2D eigenvalue weighted by molar-refractivity contribution is 5.53. The molecule has 0 fully saturated rings. The molecule has 0 spiro atoms. The van der Waals surface area contributed by atoms with Gasteiger partial charge in [-0.2, -0.15) is 4.98 Å². The SMILES string of the molecule is Cc1cccnc1-c1noc(C(C)(C)C(C)(C)N)n1. The molecular weight excluding hydrogens is 240 g/mol. The monoisotopic (exact) mass is 260 g/mol. The van der Waals surface area contributed by atoms with Gasteiger partial charge < -0.3 is 10.3 Å². The average molecular weight is 260 g/mol. The summed E-state index contributed by atoms with van der Waals surface area (Å²) >= 11 is 0. The molecule has 0 bridgehead atoms. The number of hydrogen-bond acceptors (Lipinski definition) is 5. The summed E-state index contributed by atoms with van der Waals surface area (Å²) in [6, 6.07) is 3.85. The number of aryl methyl sites for hydroxylation is 1. The zero-order chi connectivity index (χ0) is 14.3. The molecule has 102 valence electrons. The first-order chi connectivity index (χ1) is 8.73. The normalized spacial score (nSPS) is 12.7. The van der Waals surface area contributed by atoms with Crippen molar-refractivity contribution < 1.29 is 4.52 Å². The summed E-state index contributed by atoms with van der Waals surface area (Å²) in [7, 11) is 0. The Morgan fingerprint density at radius 2 is 1.89 bits per heavy atom. The van der Waals surface area contributed by atoms with E-state index in [4.69, 9.17) is 10.3 Å². The molecule has 0 atom stereocenters. The lowest BCUT2D eigenvalue weighted by molar-refractivity contribution is 0.223. The van der Waals surface area contributed by atoms with Crippen molar-refractivity contribution in [3.05, 3.63) is 29.8 Å². The first kappa shape index (κ1) is 13.7. The van der Waals surface area contributed by atoms with Crippen LogP contribution in [-0.2, 0) is 5.41 Å². The third-order valence-corrected chi connectivity index (χ3v) is 3.79. The van der Waals surface area contributed by atoms with Gasteiger partial charge in [0.25, 0.3) is 0 Å². The topological polar surface area (TPSA) is 77.8 Å². The number of nitrogens with two attached hydrogens (primary N) is 1. The quantitative estimate of drug-likeness (QED) is 0.917. The van der Waals surface area contributed by atoms with Crippen LogP contribution in [0.25, 0.3) is 11.5 Å². The number of pyridine rings is 1. The third kappa shape index (κ3) is 2.38. The molecule has 0 aliphatic carbocycles. The Balaban J connectivity index is 2.43. The standard InChI is InChI=1S/C14H20N4O/c1-9-7-6-8-16-10(9)11-17-12(19-18-11)13(2,3)14(4,5)15/h6-8H,15H2,1-5H3. The number of nitrogens with zero attached hydrogens (tertiary/aromatic N) is 3. The zero-order valence-electron chi connectivity index (χ0n) is 12.1. The summed E-state index contributed by atoms with van der Waals surface area (Å²) in [5.41, 5.74) is 7.05. The van der Waals surface area contributed by atoms with Gasteiger partial charge in [-0.15, -0.1) is 0 Å². The fourth-order valence-electron chi connectivity index (χ4n) is 1.57. The molecule has 0 amide bonds. The maximum atomic E-state index is 6.18. The van der Waals surface area contributed by atoms with Gasteiger partial charge in [0, 0.05) is 11.7 Å². The molecule has 0 aromatic carbocycles. The van der Waals surface area contributed by atoms with Crippen LogP contribution in [0.2, 0.25) is 0 Å². The highest BCUT2D eigenvalue weighted by atomic mass is 16.5. The van der Waals surface area contributed by atoms with E-state index in [1.54, 1.807) is 6.20 Å². The molecule has 2 aromatic rings. The summed E-state index contributed by atoms with van der Waals surface area (Å²) in [5.74, 6) is 1.03. The maximum Gasteiger partial charge on any atom is 0.234 e. The Bertz CT molecular complexity index is 581. The van der Waals surface area contributed by atoms with Gasteiger partial charge >= 0.3 is 0 Å². The fraction of sp³-hybridized carbons (Fsp3) is 0.500. The molecule has 5 heteroatoms. The van der Waals surface area contributed by atoms with Gasteiger partial charge in [0.1, 0.15) is 5.69 Å². The summed E-state index contributed by atoms with van der Waals surface area (Å²) < 4.78 is 5.38.